The lowest BCUT2D eigenvalue weighted by Gasteiger charge is -2.17. The maximum absolute atomic E-state index is 11.4. The number of likely N-dealkylation sites (tertiary alicyclic amines) is 1. The minimum absolute atomic E-state index is 0.0202. The Morgan fingerprint density at radius 1 is 1.50 bits per heavy atom. The van der Waals surface area contributed by atoms with E-state index in [2.05, 4.69) is 0 Å². The third-order valence-corrected chi connectivity index (χ3v) is 2.23. The van der Waals surface area contributed by atoms with Gasteiger partial charge >= 0.3 is 0 Å². The molecule has 1 aliphatic rings. The Morgan fingerprint density at radius 3 is 2.42 bits per heavy atom. The molecule has 1 aliphatic heterocycles. The van der Waals surface area contributed by atoms with Crippen LogP contribution in [0.2, 0.25) is 0 Å². The Kier molecular flexibility index (Phi) is 2.69. The summed E-state index contributed by atoms with van der Waals surface area (Å²) in [4.78, 5) is 14.9. The van der Waals surface area contributed by atoms with Crippen molar-refractivity contribution in [3.8, 4) is 0 Å². The van der Waals surface area contributed by atoms with Crippen molar-refractivity contribution in [2.24, 2.45) is 5.92 Å². The van der Waals surface area contributed by atoms with Crippen molar-refractivity contribution >= 4 is 5.91 Å². The number of nitrogens with zero attached hydrogens (tertiary/aromatic N) is 2. The zero-order valence-corrected chi connectivity index (χ0v) is 7.82. The fraction of sp³-hybridized carbons (Fsp3) is 0.875. The van der Waals surface area contributed by atoms with E-state index in [1.165, 1.54) is 4.90 Å². The van der Waals surface area contributed by atoms with Crippen molar-refractivity contribution in [2.75, 3.05) is 34.2 Å². The Balaban J connectivity index is 2.58. The Bertz CT molecular complexity index is 182. The van der Waals surface area contributed by atoms with E-state index in [1.807, 2.05) is 11.9 Å². The van der Waals surface area contributed by atoms with Crippen molar-refractivity contribution in [1.82, 2.24) is 9.80 Å². The van der Waals surface area contributed by atoms with Crippen LogP contribution in [0.5, 0.6) is 0 Å². The van der Waals surface area contributed by atoms with Gasteiger partial charge in [0.25, 0.3) is 0 Å². The molecule has 0 aromatic rings. The second-order valence-corrected chi connectivity index (χ2v) is 3.63. The molecule has 1 fully saturated rings. The average molecular weight is 172 g/mol. The van der Waals surface area contributed by atoms with Gasteiger partial charge in [0.2, 0.25) is 5.91 Å². The van der Waals surface area contributed by atoms with Crippen molar-refractivity contribution in [1.29, 1.82) is 0 Å². The molecule has 0 aromatic carbocycles. The quantitative estimate of drug-likeness (QED) is 0.551. The fourth-order valence-corrected chi connectivity index (χ4v) is 1.55. The molecule has 4 nitrogen and oxygen atoms in total. The second kappa shape index (κ2) is 3.41. The van der Waals surface area contributed by atoms with Gasteiger partial charge < -0.3 is 14.9 Å². The number of amides is 1. The third-order valence-electron chi connectivity index (χ3n) is 2.23. The third kappa shape index (κ3) is 1.76. The molecular formula is C8H16N2O2. The summed E-state index contributed by atoms with van der Waals surface area (Å²) >= 11 is 0. The number of β-amino-alcohol motifs (C(OH)–C–C–N with tert-alkyl or cyclic N) is 1. The van der Waals surface area contributed by atoms with E-state index in [1.54, 1.807) is 14.1 Å². The van der Waals surface area contributed by atoms with E-state index in [0.29, 0.717) is 13.1 Å². The van der Waals surface area contributed by atoms with Gasteiger partial charge in [-0.1, -0.05) is 0 Å². The van der Waals surface area contributed by atoms with Crippen LogP contribution >= 0.6 is 0 Å². The molecule has 0 aliphatic carbocycles. The zero-order valence-electron chi connectivity index (χ0n) is 7.82. The number of carbonyl (C=O) groups is 1. The smallest absolute Gasteiger partial charge is 0.229 e. The van der Waals surface area contributed by atoms with Gasteiger partial charge in [-0.15, -0.1) is 0 Å². The van der Waals surface area contributed by atoms with Crippen LogP contribution in [-0.4, -0.2) is 61.2 Å². The van der Waals surface area contributed by atoms with Crippen LogP contribution in [0.25, 0.3) is 0 Å². The number of carbonyl (C=O) groups excluding carboxylic acids is 1. The first kappa shape index (κ1) is 9.48. The SMILES string of the molecule is CN1CC(O)C(C(=O)N(C)C)C1. The summed E-state index contributed by atoms with van der Waals surface area (Å²) in [6.07, 6.45) is -0.495. The van der Waals surface area contributed by atoms with Crippen molar-refractivity contribution in [3.05, 3.63) is 0 Å². The van der Waals surface area contributed by atoms with Crippen LogP contribution in [0.3, 0.4) is 0 Å². The number of aliphatic hydroxyl groups is 1. The Morgan fingerprint density at radius 2 is 2.08 bits per heavy atom. The van der Waals surface area contributed by atoms with Crippen molar-refractivity contribution in [2.45, 2.75) is 6.10 Å². The monoisotopic (exact) mass is 172 g/mol. The van der Waals surface area contributed by atoms with Crippen LogP contribution in [0.1, 0.15) is 0 Å². The van der Waals surface area contributed by atoms with Gasteiger partial charge in [-0.3, -0.25) is 4.79 Å². The number of aliphatic hydroxyl groups excluding tert-OH is 1. The van der Waals surface area contributed by atoms with E-state index in [4.69, 9.17) is 0 Å². The van der Waals surface area contributed by atoms with Crippen molar-refractivity contribution in [3.63, 3.8) is 0 Å². The average Bonchev–Trinajstić information content (AvgIpc) is 2.28. The highest BCUT2D eigenvalue weighted by Gasteiger charge is 2.35. The summed E-state index contributed by atoms with van der Waals surface area (Å²) in [5.74, 6) is -0.211. The molecule has 0 spiro atoms. The van der Waals surface area contributed by atoms with Crippen LogP contribution < -0.4 is 0 Å². The van der Waals surface area contributed by atoms with Gasteiger partial charge in [-0.25, -0.2) is 0 Å². The molecule has 0 bridgehead atoms. The van der Waals surface area contributed by atoms with Gasteiger partial charge in [-0.2, -0.15) is 0 Å². The van der Waals surface area contributed by atoms with Gasteiger partial charge in [0, 0.05) is 27.2 Å². The normalized spacial score (nSPS) is 30.7. The van der Waals surface area contributed by atoms with Crippen LogP contribution in [-0.2, 0) is 4.79 Å². The highest BCUT2D eigenvalue weighted by molar-refractivity contribution is 5.79. The maximum Gasteiger partial charge on any atom is 0.229 e. The molecule has 0 aromatic heterocycles. The van der Waals surface area contributed by atoms with E-state index >= 15 is 0 Å². The van der Waals surface area contributed by atoms with Gasteiger partial charge in [0.1, 0.15) is 0 Å². The van der Waals surface area contributed by atoms with E-state index in [0.717, 1.165) is 0 Å². The molecule has 4 heteroatoms. The van der Waals surface area contributed by atoms with E-state index in [-0.39, 0.29) is 11.8 Å². The van der Waals surface area contributed by atoms with Crippen LogP contribution in [0, 0.1) is 5.92 Å². The van der Waals surface area contributed by atoms with E-state index in [9.17, 15) is 9.90 Å². The summed E-state index contributed by atoms with van der Waals surface area (Å²) in [5, 5.41) is 9.49. The summed E-state index contributed by atoms with van der Waals surface area (Å²) < 4.78 is 0. The molecule has 1 N–H and O–H groups in total. The first-order chi connectivity index (χ1) is 5.52. The molecular weight excluding hydrogens is 156 g/mol. The maximum atomic E-state index is 11.4. The van der Waals surface area contributed by atoms with Crippen LogP contribution in [0.4, 0.5) is 0 Å². The van der Waals surface area contributed by atoms with Crippen LogP contribution in [0.15, 0.2) is 0 Å². The first-order valence-corrected chi connectivity index (χ1v) is 4.10. The summed E-state index contributed by atoms with van der Waals surface area (Å²) in [6, 6.07) is 0. The Hall–Kier alpha value is -0.610. The van der Waals surface area contributed by atoms with Gasteiger partial charge in [-0.05, 0) is 7.05 Å². The summed E-state index contributed by atoms with van der Waals surface area (Å²) in [7, 11) is 5.34. The summed E-state index contributed by atoms with van der Waals surface area (Å²) in [5.41, 5.74) is 0. The predicted octanol–water partition coefficient (Wildman–Crippen LogP) is -1.00. The summed E-state index contributed by atoms with van der Waals surface area (Å²) in [6.45, 7) is 1.27. The molecule has 0 radical (unpaired) electrons. The molecule has 1 heterocycles. The highest BCUT2D eigenvalue weighted by Crippen LogP contribution is 2.16. The number of likely N-dealkylation sites (N-methyl/N-ethyl adjacent to an activating group) is 1. The number of hydrogen-bond donors (Lipinski definition) is 1. The molecule has 1 saturated heterocycles. The lowest BCUT2D eigenvalue weighted by molar-refractivity contribution is -0.134. The van der Waals surface area contributed by atoms with Crippen molar-refractivity contribution < 1.29 is 9.90 Å². The zero-order chi connectivity index (χ0) is 9.30. The minimum Gasteiger partial charge on any atom is -0.391 e. The molecule has 12 heavy (non-hydrogen) atoms. The molecule has 70 valence electrons. The molecule has 2 unspecified atom stereocenters. The first-order valence-electron chi connectivity index (χ1n) is 4.10. The van der Waals surface area contributed by atoms with E-state index < -0.39 is 6.10 Å². The highest BCUT2D eigenvalue weighted by atomic mass is 16.3. The standard InChI is InChI=1S/C8H16N2O2/c1-9(2)8(12)6-4-10(3)5-7(6)11/h6-7,11H,4-5H2,1-3H3. The molecule has 2 atom stereocenters. The van der Waals surface area contributed by atoms with Gasteiger partial charge in [0.15, 0.2) is 0 Å². The molecule has 0 saturated carbocycles. The minimum atomic E-state index is -0.495. The molecule has 1 amide bonds. The van der Waals surface area contributed by atoms with Gasteiger partial charge in [0.05, 0.1) is 12.0 Å². The second-order valence-electron chi connectivity index (χ2n) is 3.63. The lowest BCUT2D eigenvalue weighted by Crippen LogP contribution is -2.36. The predicted molar refractivity (Wildman–Crippen MR) is 45.7 cm³/mol. The number of rotatable bonds is 1. The molecule has 1 rings (SSSR count). The Labute approximate surface area is 72.8 Å². The topological polar surface area (TPSA) is 43.8 Å². The fourth-order valence-electron chi connectivity index (χ4n) is 1.55. The number of hydrogen-bond acceptors (Lipinski definition) is 3. The largest absolute Gasteiger partial charge is 0.391 e. The lowest BCUT2D eigenvalue weighted by atomic mass is 10.1.